The van der Waals surface area contributed by atoms with Crippen LogP contribution in [-0.2, 0) is 16.6 Å². The number of aromatic nitrogens is 1. The Morgan fingerprint density at radius 3 is 2.67 bits per heavy atom. The second-order valence-electron chi connectivity index (χ2n) is 5.41. The molecule has 0 fully saturated rings. The summed E-state index contributed by atoms with van der Waals surface area (Å²) >= 11 is 0. The zero-order valence-electron chi connectivity index (χ0n) is 12.7. The average Bonchev–Trinajstić information content (AvgIpc) is 2.99. The van der Waals surface area contributed by atoms with Crippen molar-refractivity contribution in [1.82, 2.24) is 4.98 Å². The van der Waals surface area contributed by atoms with Crippen LogP contribution in [0.5, 0.6) is 0 Å². The van der Waals surface area contributed by atoms with Gasteiger partial charge in [-0.1, -0.05) is 30.3 Å². The van der Waals surface area contributed by atoms with Crippen molar-refractivity contribution in [2.24, 2.45) is 0 Å². The fraction of sp³-hybridized carbons (Fsp3) is 0.111. The Bertz CT molecular complexity index is 945. The summed E-state index contributed by atoms with van der Waals surface area (Å²) < 4.78 is 12.3. The second-order valence-corrected chi connectivity index (χ2v) is 6.86. The number of carbonyl (C=O) groups is 2. The minimum absolute atomic E-state index is 0.0981. The van der Waals surface area contributed by atoms with E-state index in [2.05, 4.69) is 4.98 Å². The van der Waals surface area contributed by atoms with Crippen molar-refractivity contribution in [1.29, 1.82) is 0 Å². The third-order valence-electron chi connectivity index (χ3n) is 3.68. The minimum Gasteiger partial charge on any atom is -0.478 e. The van der Waals surface area contributed by atoms with E-state index in [4.69, 9.17) is 5.11 Å². The molecule has 0 aliphatic heterocycles. The standard InChI is InChI=1S/C18H15NO4S/c20-17(15-9-19-16-7-2-1-6-14(15)16)11-24(23)10-12-4-3-5-13(8-12)18(21)22/h1-9,19H,10-11H2,(H,21,22). The van der Waals surface area contributed by atoms with Crippen LogP contribution in [0.2, 0.25) is 0 Å². The highest BCUT2D eigenvalue weighted by Gasteiger charge is 2.15. The number of aromatic carboxylic acids is 1. The molecule has 24 heavy (non-hydrogen) atoms. The number of para-hydroxylation sites is 1. The van der Waals surface area contributed by atoms with E-state index in [9.17, 15) is 13.8 Å². The fourth-order valence-corrected chi connectivity index (χ4v) is 3.66. The van der Waals surface area contributed by atoms with Crippen LogP contribution in [0.4, 0.5) is 0 Å². The average molecular weight is 341 g/mol. The predicted octanol–water partition coefficient (Wildman–Crippen LogP) is 3.00. The maximum Gasteiger partial charge on any atom is 0.335 e. The number of fused-ring (bicyclic) bond motifs is 1. The molecule has 0 saturated heterocycles. The van der Waals surface area contributed by atoms with E-state index >= 15 is 0 Å². The number of aromatic amines is 1. The number of carboxylic acid groups (broad SMARTS) is 1. The van der Waals surface area contributed by atoms with Crippen molar-refractivity contribution in [2.45, 2.75) is 5.75 Å². The molecule has 6 heteroatoms. The van der Waals surface area contributed by atoms with Gasteiger partial charge in [0.15, 0.2) is 5.78 Å². The van der Waals surface area contributed by atoms with Gasteiger partial charge in [-0.3, -0.25) is 9.00 Å². The molecule has 1 atom stereocenters. The summed E-state index contributed by atoms with van der Waals surface area (Å²) in [6.45, 7) is 0. The van der Waals surface area contributed by atoms with Crippen LogP contribution in [0.15, 0.2) is 54.7 Å². The van der Waals surface area contributed by atoms with E-state index < -0.39 is 16.8 Å². The molecule has 1 heterocycles. The number of carboxylic acids is 1. The third-order valence-corrected chi connectivity index (χ3v) is 4.92. The molecule has 0 amide bonds. The first-order chi connectivity index (χ1) is 11.5. The van der Waals surface area contributed by atoms with Crippen LogP contribution >= 0.6 is 0 Å². The number of hydrogen-bond donors (Lipinski definition) is 2. The van der Waals surface area contributed by atoms with Crippen LogP contribution in [0.3, 0.4) is 0 Å². The van der Waals surface area contributed by atoms with Crippen molar-refractivity contribution >= 4 is 33.5 Å². The van der Waals surface area contributed by atoms with E-state index in [-0.39, 0.29) is 22.9 Å². The van der Waals surface area contributed by atoms with Crippen molar-refractivity contribution in [2.75, 3.05) is 5.75 Å². The molecule has 1 aromatic heterocycles. The van der Waals surface area contributed by atoms with Crippen LogP contribution < -0.4 is 0 Å². The zero-order valence-corrected chi connectivity index (χ0v) is 13.5. The van der Waals surface area contributed by atoms with Crippen LogP contribution in [-0.4, -0.2) is 31.8 Å². The minimum atomic E-state index is -1.41. The number of carbonyl (C=O) groups excluding carboxylic acids is 1. The molecule has 2 aromatic carbocycles. The Hall–Kier alpha value is -2.73. The molecule has 0 spiro atoms. The van der Waals surface area contributed by atoms with Gasteiger partial charge in [0.25, 0.3) is 0 Å². The van der Waals surface area contributed by atoms with Crippen LogP contribution in [0.1, 0.15) is 26.3 Å². The number of ketones is 1. The van der Waals surface area contributed by atoms with Gasteiger partial charge in [0.05, 0.1) is 11.3 Å². The van der Waals surface area contributed by atoms with Crippen molar-refractivity contribution in [3.63, 3.8) is 0 Å². The van der Waals surface area contributed by atoms with E-state index in [1.54, 1.807) is 18.3 Å². The summed E-state index contributed by atoms with van der Waals surface area (Å²) in [4.78, 5) is 26.4. The molecule has 2 N–H and O–H groups in total. The van der Waals surface area contributed by atoms with Gasteiger partial charge in [0, 0.05) is 39.2 Å². The quantitative estimate of drug-likeness (QED) is 0.675. The number of rotatable bonds is 6. The molecule has 0 saturated carbocycles. The van der Waals surface area contributed by atoms with E-state index in [1.165, 1.54) is 12.1 Å². The highest BCUT2D eigenvalue weighted by atomic mass is 32.2. The Morgan fingerprint density at radius 2 is 1.88 bits per heavy atom. The smallest absolute Gasteiger partial charge is 0.335 e. The van der Waals surface area contributed by atoms with Gasteiger partial charge in [-0.25, -0.2) is 4.79 Å². The van der Waals surface area contributed by atoms with Crippen LogP contribution in [0, 0.1) is 0 Å². The molecule has 0 aliphatic rings. The fourth-order valence-electron chi connectivity index (χ4n) is 2.56. The Balaban J connectivity index is 1.72. The van der Waals surface area contributed by atoms with Gasteiger partial charge in [-0.05, 0) is 23.8 Å². The maximum absolute atomic E-state index is 12.4. The number of benzene rings is 2. The molecule has 3 rings (SSSR count). The number of H-pyrrole nitrogens is 1. The molecule has 3 aromatic rings. The normalized spacial score (nSPS) is 12.2. The Labute approximate surface area is 140 Å². The van der Waals surface area contributed by atoms with E-state index in [1.807, 2.05) is 24.3 Å². The molecule has 0 bridgehead atoms. The van der Waals surface area contributed by atoms with Crippen molar-refractivity contribution in [3.8, 4) is 0 Å². The molecule has 1 unspecified atom stereocenters. The first-order valence-electron chi connectivity index (χ1n) is 7.31. The number of hydrogen-bond acceptors (Lipinski definition) is 3. The summed E-state index contributed by atoms with van der Waals surface area (Å²) in [6.07, 6.45) is 1.63. The van der Waals surface area contributed by atoms with Gasteiger partial charge >= 0.3 is 5.97 Å². The first kappa shape index (κ1) is 16.1. The predicted molar refractivity (Wildman–Crippen MR) is 92.7 cm³/mol. The molecular formula is C18H15NO4S. The molecule has 122 valence electrons. The monoisotopic (exact) mass is 341 g/mol. The Kier molecular flexibility index (Phi) is 4.57. The third kappa shape index (κ3) is 3.44. The highest BCUT2D eigenvalue weighted by Crippen LogP contribution is 2.19. The summed E-state index contributed by atoms with van der Waals surface area (Å²) in [5.74, 6) is -1.17. The number of nitrogens with one attached hydrogen (secondary N) is 1. The lowest BCUT2D eigenvalue weighted by atomic mass is 10.1. The summed E-state index contributed by atoms with van der Waals surface area (Å²) in [5, 5.41) is 9.79. The van der Waals surface area contributed by atoms with Crippen molar-refractivity contribution in [3.05, 3.63) is 71.4 Å². The summed E-state index contributed by atoms with van der Waals surface area (Å²) in [5.41, 5.74) is 2.17. The SMILES string of the molecule is O=C(O)c1cccc(CS(=O)CC(=O)c2c[nH]c3ccccc23)c1. The van der Waals surface area contributed by atoms with Gasteiger partial charge < -0.3 is 10.1 Å². The molecule has 5 nitrogen and oxygen atoms in total. The Morgan fingerprint density at radius 1 is 1.08 bits per heavy atom. The summed E-state index contributed by atoms with van der Waals surface area (Å²) in [6, 6.07) is 13.7. The highest BCUT2D eigenvalue weighted by molar-refractivity contribution is 7.85. The zero-order chi connectivity index (χ0) is 17.1. The van der Waals surface area contributed by atoms with E-state index in [0.29, 0.717) is 11.1 Å². The lowest BCUT2D eigenvalue weighted by molar-refractivity contribution is 0.0696. The molecule has 0 radical (unpaired) electrons. The topological polar surface area (TPSA) is 87.2 Å². The van der Waals surface area contributed by atoms with Crippen molar-refractivity contribution < 1.29 is 18.9 Å². The second kappa shape index (κ2) is 6.80. The van der Waals surface area contributed by atoms with Gasteiger partial charge in [-0.2, -0.15) is 0 Å². The first-order valence-corrected chi connectivity index (χ1v) is 8.80. The van der Waals surface area contributed by atoms with Gasteiger partial charge in [-0.15, -0.1) is 0 Å². The maximum atomic E-state index is 12.4. The number of Topliss-reactive ketones (excluding diaryl/α,β-unsaturated/α-hetero) is 1. The largest absolute Gasteiger partial charge is 0.478 e. The lowest BCUT2D eigenvalue weighted by Crippen LogP contribution is -2.12. The summed E-state index contributed by atoms with van der Waals surface area (Å²) in [7, 11) is -1.41. The molecular weight excluding hydrogens is 326 g/mol. The van der Waals surface area contributed by atoms with Crippen LogP contribution in [0.25, 0.3) is 10.9 Å². The van der Waals surface area contributed by atoms with Gasteiger partial charge in [0.1, 0.15) is 0 Å². The lowest BCUT2D eigenvalue weighted by Gasteiger charge is -2.03. The molecule has 0 aliphatic carbocycles. The van der Waals surface area contributed by atoms with E-state index in [0.717, 1.165) is 10.9 Å². The van der Waals surface area contributed by atoms with Gasteiger partial charge in [0.2, 0.25) is 0 Å².